The van der Waals surface area contributed by atoms with Crippen LogP contribution in [-0.4, -0.2) is 71.3 Å². The molecule has 1 aromatic heterocycles. The number of thiazole rings is 1. The summed E-state index contributed by atoms with van der Waals surface area (Å²) in [7, 11) is 2.08. The quantitative estimate of drug-likeness (QED) is 0.476. The average molecular weight is 531 g/mol. The third-order valence-corrected chi connectivity index (χ3v) is 8.69. The van der Waals surface area contributed by atoms with E-state index in [4.69, 9.17) is 4.74 Å². The number of amides is 2. The number of aryl methyl sites for hydroxylation is 1. The molecular weight excluding hydrogens is 496 g/mol. The van der Waals surface area contributed by atoms with Crippen molar-refractivity contribution >= 4 is 23.2 Å². The fourth-order valence-corrected chi connectivity index (χ4v) is 6.06. The SMILES string of the molecule is Cc1ccc(C2c3cc(OCc4nc(C(=O)N5CCN(C)CC5)cs4)ccc3CCN2C(=O)C2CC2)cc1. The number of likely N-dealkylation sites (N-methyl/N-ethyl adjacent to an activating group) is 1. The molecule has 2 aromatic carbocycles. The van der Waals surface area contributed by atoms with Crippen LogP contribution in [0.2, 0.25) is 0 Å². The zero-order chi connectivity index (χ0) is 26.2. The maximum absolute atomic E-state index is 13.3. The highest BCUT2D eigenvalue weighted by Gasteiger charge is 2.39. The van der Waals surface area contributed by atoms with E-state index in [2.05, 4.69) is 65.2 Å². The lowest BCUT2D eigenvalue weighted by atomic mass is 9.87. The van der Waals surface area contributed by atoms with Crippen molar-refractivity contribution in [2.75, 3.05) is 39.8 Å². The van der Waals surface area contributed by atoms with Crippen LogP contribution in [0.5, 0.6) is 5.75 Å². The number of rotatable bonds is 6. The van der Waals surface area contributed by atoms with Gasteiger partial charge in [-0.25, -0.2) is 4.98 Å². The fraction of sp³-hybridized carbons (Fsp3) is 0.433. The Balaban J connectivity index is 1.19. The van der Waals surface area contributed by atoms with E-state index in [-0.39, 0.29) is 23.8 Å². The number of benzene rings is 2. The molecule has 198 valence electrons. The van der Waals surface area contributed by atoms with Crippen molar-refractivity contribution < 1.29 is 14.3 Å². The van der Waals surface area contributed by atoms with Gasteiger partial charge in [0.25, 0.3) is 5.91 Å². The molecule has 2 fully saturated rings. The second kappa shape index (κ2) is 10.5. The van der Waals surface area contributed by atoms with Crippen molar-refractivity contribution in [3.05, 3.63) is 80.8 Å². The molecule has 0 bridgehead atoms. The molecular formula is C30H34N4O3S. The summed E-state index contributed by atoms with van der Waals surface area (Å²) in [6.07, 6.45) is 2.85. The van der Waals surface area contributed by atoms with Gasteiger partial charge in [0.1, 0.15) is 23.1 Å². The van der Waals surface area contributed by atoms with Crippen LogP contribution in [0.15, 0.2) is 47.8 Å². The van der Waals surface area contributed by atoms with E-state index in [1.807, 2.05) is 16.3 Å². The number of piperazine rings is 1. The normalized spacial score (nSPS) is 19.8. The van der Waals surface area contributed by atoms with Crippen LogP contribution in [0, 0.1) is 12.8 Å². The first-order valence-electron chi connectivity index (χ1n) is 13.5. The van der Waals surface area contributed by atoms with Crippen molar-refractivity contribution in [1.82, 2.24) is 19.7 Å². The van der Waals surface area contributed by atoms with E-state index >= 15 is 0 Å². The molecule has 3 aliphatic rings. The lowest BCUT2D eigenvalue weighted by Gasteiger charge is -2.38. The molecule has 38 heavy (non-hydrogen) atoms. The second-order valence-corrected chi connectivity index (χ2v) is 11.7. The lowest BCUT2D eigenvalue weighted by Crippen LogP contribution is -2.47. The standard InChI is InChI=1S/C30H34N4O3S/c1-20-3-5-22(6-4-20)28-25-17-24(10-9-21(25)11-12-34(28)29(35)23-7-8-23)37-18-27-31-26(19-38-27)30(36)33-15-13-32(2)14-16-33/h3-6,9-10,17,19,23,28H,7-8,11-16,18H2,1-2H3. The third-order valence-electron chi connectivity index (χ3n) is 7.87. The molecule has 6 rings (SSSR count). The van der Waals surface area contributed by atoms with Crippen molar-refractivity contribution in [2.45, 2.75) is 38.8 Å². The van der Waals surface area contributed by atoms with Crippen LogP contribution >= 0.6 is 11.3 Å². The van der Waals surface area contributed by atoms with E-state index < -0.39 is 0 Å². The predicted molar refractivity (Wildman–Crippen MR) is 147 cm³/mol. The number of carbonyl (C=O) groups is 2. The summed E-state index contributed by atoms with van der Waals surface area (Å²) in [6.45, 7) is 6.37. The summed E-state index contributed by atoms with van der Waals surface area (Å²) in [6, 6.07) is 14.6. The van der Waals surface area contributed by atoms with Gasteiger partial charge in [-0.3, -0.25) is 9.59 Å². The molecule has 1 saturated carbocycles. The molecule has 1 saturated heterocycles. The van der Waals surface area contributed by atoms with Crippen LogP contribution in [0.3, 0.4) is 0 Å². The first kappa shape index (κ1) is 25.1. The third kappa shape index (κ3) is 5.20. The Morgan fingerprint density at radius 3 is 2.53 bits per heavy atom. The van der Waals surface area contributed by atoms with Crippen LogP contribution < -0.4 is 4.74 Å². The molecule has 0 radical (unpaired) electrons. The minimum absolute atomic E-state index is 0.00394. The molecule has 2 aliphatic heterocycles. The van der Waals surface area contributed by atoms with Crippen LogP contribution in [0.1, 0.15) is 56.6 Å². The van der Waals surface area contributed by atoms with Gasteiger partial charge in [0.15, 0.2) is 0 Å². The minimum atomic E-state index is -0.108. The maximum Gasteiger partial charge on any atom is 0.273 e. The van der Waals surface area contributed by atoms with Crippen LogP contribution in [0.25, 0.3) is 0 Å². The predicted octanol–water partition coefficient (Wildman–Crippen LogP) is 4.30. The Bertz CT molecular complexity index is 1330. The number of aromatic nitrogens is 1. The summed E-state index contributed by atoms with van der Waals surface area (Å²) >= 11 is 1.46. The van der Waals surface area contributed by atoms with Crippen molar-refractivity contribution in [1.29, 1.82) is 0 Å². The van der Waals surface area contributed by atoms with E-state index in [1.54, 1.807) is 0 Å². The summed E-state index contributed by atoms with van der Waals surface area (Å²) in [4.78, 5) is 36.9. The van der Waals surface area contributed by atoms with Crippen LogP contribution in [-0.2, 0) is 17.8 Å². The number of hydrogen-bond donors (Lipinski definition) is 0. The smallest absolute Gasteiger partial charge is 0.273 e. The molecule has 7 nitrogen and oxygen atoms in total. The topological polar surface area (TPSA) is 66.0 Å². The van der Waals surface area contributed by atoms with Gasteiger partial charge in [0.05, 0.1) is 6.04 Å². The highest BCUT2D eigenvalue weighted by atomic mass is 32.1. The summed E-state index contributed by atoms with van der Waals surface area (Å²) in [5, 5.41) is 2.61. The van der Waals surface area contributed by atoms with Gasteiger partial charge in [0, 0.05) is 44.0 Å². The summed E-state index contributed by atoms with van der Waals surface area (Å²) in [5.41, 5.74) is 5.23. The highest BCUT2D eigenvalue weighted by molar-refractivity contribution is 7.09. The number of hydrogen-bond acceptors (Lipinski definition) is 6. The first-order chi connectivity index (χ1) is 18.5. The van der Waals surface area contributed by atoms with E-state index in [9.17, 15) is 9.59 Å². The number of ether oxygens (including phenoxy) is 1. The molecule has 0 N–H and O–H groups in total. The zero-order valence-corrected chi connectivity index (χ0v) is 22.9. The Morgan fingerprint density at radius 2 is 1.79 bits per heavy atom. The molecule has 1 unspecified atom stereocenters. The molecule has 3 aromatic rings. The van der Waals surface area contributed by atoms with E-state index in [1.165, 1.54) is 22.5 Å². The van der Waals surface area contributed by atoms with Gasteiger partial charge in [-0.1, -0.05) is 35.9 Å². The Kier molecular flexibility index (Phi) is 6.93. The number of fused-ring (bicyclic) bond motifs is 1. The van der Waals surface area contributed by atoms with Gasteiger partial charge < -0.3 is 19.4 Å². The Labute approximate surface area is 228 Å². The Morgan fingerprint density at radius 1 is 1.03 bits per heavy atom. The first-order valence-corrected chi connectivity index (χ1v) is 14.4. The van der Waals surface area contributed by atoms with E-state index in [0.717, 1.165) is 73.9 Å². The monoisotopic (exact) mass is 530 g/mol. The van der Waals surface area contributed by atoms with Gasteiger partial charge in [-0.2, -0.15) is 0 Å². The minimum Gasteiger partial charge on any atom is -0.486 e. The molecule has 8 heteroatoms. The summed E-state index contributed by atoms with van der Waals surface area (Å²) in [5.74, 6) is 1.20. The molecule has 1 atom stereocenters. The zero-order valence-electron chi connectivity index (χ0n) is 22.1. The van der Waals surface area contributed by atoms with Gasteiger partial charge in [0.2, 0.25) is 5.91 Å². The van der Waals surface area contributed by atoms with Crippen molar-refractivity contribution in [3.63, 3.8) is 0 Å². The van der Waals surface area contributed by atoms with Gasteiger partial charge in [-0.15, -0.1) is 11.3 Å². The second-order valence-electron chi connectivity index (χ2n) is 10.7. The highest BCUT2D eigenvalue weighted by Crippen LogP contribution is 2.41. The van der Waals surface area contributed by atoms with E-state index in [0.29, 0.717) is 12.3 Å². The largest absolute Gasteiger partial charge is 0.486 e. The number of nitrogens with zero attached hydrogens (tertiary/aromatic N) is 4. The Hall–Kier alpha value is -3.23. The molecule has 3 heterocycles. The number of carbonyl (C=O) groups excluding carboxylic acids is 2. The van der Waals surface area contributed by atoms with Crippen LogP contribution in [0.4, 0.5) is 0 Å². The van der Waals surface area contributed by atoms with Crippen molar-refractivity contribution in [3.8, 4) is 5.75 Å². The molecule has 0 spiro atoms. The van der Waals surface area contributed by atoms with Crippen molar-refractivity contribution in [2.24, 2.45) is 5.92 Å². The molecule has 1 aliphatic carbocycles. The van der Waals surface area contributed by atoms with Gasteiger partial charge in [-0.05, 0) is 62.1 Å². The van der Waals surface area contributed by atoms with Gasteiger partial charge >= 0.3 is 0 Å². The average Bonchev–Trinajstić information content (AvgIpc) is 3.68. The maximum atomic E-state index is 13.3. The lowest BCUT2D eigenvalue weighted by molar-refractivity contribution is -0.134. The fourth-order valence-electron chi connectivity index (χ4n) is 5.39. The molecule has 2 amide bonds. The summed E-state index contributed by atoms with van der Waals surface area (Å²) < 4.78 is 6.18.